The summed E-state index contributed by atoms with van der Waals surface area (Å²) in [7, 11) is 3.38. The molecule has 32 heavy (non-hydrogen) atoms. The zero-order chi connectivity index (χ0) is 24.1. The minimum absolute atomic E-state index is 0.165. The first-order valence-corrected chi connectivity index (χ1v) is 11.1. The van der Waals surface area contributed by atoms with Crippen LogP contribution in [0.25, 0.3) is 5.57 Å². The Labute approximate surface area is 191 Å². The molecule has 0 radical (unpaired) electrons. The van der Waals surface area contributed by atoms with Gasteiger partial charge in [0.25, 0.3) is 5.91 Å². The first-order chi connectivity index (χ1) is 15.2. The molecule has 0 spiro atoms. The third kappa shape index (κ3) is 4.98. The van der Waals surface area contributed by atoms with Gasteiger partial charge in [0, 0.05) is 13.6 Å². The van der Waals surface area contributed by atoms with Crippen molar-refractivity contribution in [3.8, 4) is 0 Å². The molecule has 1 amide bonds. The number of aryl methyl sites for hydroxylation is 3. The van der Waals surface area contributed by atoms with Gasteiger partial charge in [-0.05, 0) is 64.2 Å². The van der Waals surface area contributed by atoms with Gasteiger partial charge in [-0.25, -0.2) is 9.86 Å². The molecule has 1 atom stereocenters. The van der Waals surface area contributed by atoms with Crippen molar-refractivity contribution in [1.82, 2.24) is 10.1 Å². The van der Waals surface area contributed by atoms with E-state index < -0.39 is 11.7 Å². The van der Waals surface area contributed by atoms with E-state index in [0.717, 1.165) is 22.3 Å². The molecule has 0 aromatic heterocycles. The van der Waals surface area contributed by atoms with Crippen molar-refractivity contribution in [1.29, 1.82) is 0 Å². The molecule has 0 saturated heterocycles. The Kier molecular flexibility index (Phi) is 8.83. The second kappa shape index (κ2) is 10.9. The number of ether oxygens (including phenoxy) is 2. The summed E-state index contributed by atoms with van der Waals surface area (Å²) in [5, 5.41) is 3.04. The minimum Gasteiger partial charge on any atom is -0.434 e. The molecule has 0 saturated carbocycles. The van der Waals surface area contributed by atoms with Crippen LogP contribution in [-0.2, 0) is 23.9 Å². The molecule has 0 bridgehead atoms. The van der Waals surface area contributed by atoms with Gasteiger partial charge < -0.3 is 14.3 Å². The summed E-state index contributed by atoms with van der Waals surface area (Å²) in [4.78, 5) is 37.4. The summed E-state index contributed by atoms with van der Waals surface area (Å²) in [6.45, 7) is 12.3. The smallest absolute Gasteiger partial charge is 0.434 e. The fourth-order valence-electron chi connectivity index (χ4n) is 4.33. The molecule has 0 fully saturated rings. The Hall–Kier alpha value is -2.42. The van der Waals surface area contributed by atoms with E-state index in [4.69, 9.17) is 19.1 Å². The number of hydroxylamine groups is 4. The lowest BCUT2D eigenvalue weighted by Crippen LogP contribution is -2.50. The van der Waals surface area contributed by atoms with E-state index in [1.165, 1.54) is 5.06 Å². The zero-order valence-corrected chi connectivity index (χ0v) is 20.5. The van der Waals surface area contributed by atoms with Crippen molar-refractivity contribution in [2.24, 2.45) is 0 Å². The van der Waals surface area contributed by atoms with Crippen LogP contribution in [0.2, 0.25) is 0 Å². The maximum absolute atomic E-state index is 13.8. The summed E-state index contributed by atoms with van der Waals surface area (Å²) in [5.41, 5.74) is 3.03. The van der Waals surface area contributed by atoms with Gasteiger partial charge in [0.2, 0.25) is 0 Å². The normalized spacial score (nSPS) is 18.7. The van der Waals surface area contributed by atoms with Crippen molar-refractivity contribution >= 4 is 17.6 Å². The maximum Gasteiger partial charge on any atom is 0.513 e. The highest BCUT2D eigenvalue weighted by atomic mass is 16.7. The summed E-state index contributed by atoms with van der Waals surface area (Å²) >= 11 is 0. The molecular weight excluding hydrogens is 412 g/mol. The Bertz CT molecular complexity index is 858. The van der Waals surface area contributed by atoms with Gasteiger partial charge >= 0.3 is 6.16 Å². The van der Waals surface area contributed by atoms with E-state index in [9.17, 15) is 9.59 Å². The lowest BCUT2D eigenvalue weighted by atomic mass is 9.87. The molecule has 1 heterocycles. The van der Waals surface area contributed by atoms with Gasteiger partial charge in [0.15, 0.2) is 5.76 Å². The fraction of sp³-hybridized carbons (Fsp3) is 0.583. The molecule has 0 aliphatic carbocycles. The second-order valence-electron chi connectivity index (χ2n) is 7.95. The van der Waals surface area contributed by atoms with E-state index in [0.29, 0.717) is 31.6 Å². The molecule has 1 aliphatic heterocycles. The Morgan fingerprint density at radius 2 is 1.72 bits per heavy atom. The number of nitrogens with zero attached hydrogens (tertiary/aromatic N) is 2. The fourth-order valence-corrected chi connectivity index (χ4v) is 4.33. The van der Waals surface area contributed by atoms with Crippen molar-refractivity contribution in [2.75, 3.05) is 33.9 Å². The molecule has 1 aromatic rings. The summed E-state index contributed by atoms with van der Waals surface area (Å²) in [5.74, 6) is -0.0698. The van der Waals surface area contributed by atoms with Gasteiger partial charge in [0.05, 0.1) is 25.9 Å². The van der Waals surface area contributed by atoms with Crippen LogP contribution >= 0.6 is 0 Å². The van der Waals surface area contributed by atoms with Crippen LogP contribution in [-0.4, -0.2) is 61.6 Å². The van der Waals surface area contributed by atoms with Gasteiger partial charge in [-0.2, -0.15) is 5.06 Å². The van der Waals surface area contributed by atoms with Crippen LogP contribution < -0.4 is 0 Å². The molecule has 8 nitrogen and oxygen atoms in total. The minimum atomic E-state index is -0.994. The van der Waals surface area contributed by atoms with Crippen LogP contribution in [0.1, 0.15) is 55.9 Å². The molecule has 1 aliphatic rings. The SMILES string of the molecule is CCOC(=O)OC1=C(c2c(C)cc(C)cc2C)C(=O)N(OCC)C1(CC)CCN(C)OC. The number of benzene rings is 1. The predicted octanol–water partition coefficient (Wildman–Crippen LogP) is 4.32. The van der Waals surface area contributed by atoms with Crippen LogP contribution in [0.15, 0.2) is 17.9 Å². The first-order valence-electron chi connectivity index (χ1n) is 11.1. The quantitative estimate of drug-likeness (QED) is 0.390. The van der Waals surface area contributed by atoms with Gasteiger partial charge in [-0.3, -0.25) is 9.63 Å². The molecule has 1 aromatic carbocycles. The van der Waals surface area contributed by atoms with Crippen LogP contribution in [0.3, 0.4) is 0 Å². The summed E-state index contributed by atoms with van der Waals surface area (Å²) in [6.07, 6.45) is 0.0618. The number of amides is 1. The van der Waals surface area contributed by atoms with E-state index in [-0.39, 0.29) is 18.3 Å². The molecule has 2 rings (SSSR count). The highest BCUT2D eigenvalue weighted by Gasteiger charge is 2.55. The Balaban J connectivity index is 2.79. The lowest BCUT2D eigenvalue weighted by molar-refractivity contribution is -0.213. The van der Waals surface area contributed by atoms with Gasteiger partial charge in [-0.15, -0.1) is 0 Å². The van der Waals surface area contributed by atoms with E-state index >= 15 is 0 Å². The van der Waals surface area contributed by atoms with E-state index in [2.05, 4.69) is 0 Å². The van der Waals surface area contributed by atoms with Crippen molar-refractivity contribution in [3.63, 3.8) is 0 Å². The van der Waals surface area contributed by atoms with Gasteiger partial charge in [0.1, 0.15) is 5.54 Å². The zero-order valence-electron chi connectivity index (χ0n) is 20.5. The lowest BCUT2D eigenvalue weighted by Gasteiger charge is -2.38. The molecular formula is C24H36N2O6. The van der Waals surface area contributed by atoms with Crippen LogP contribution in [0.5, 0.6) is 0 Å². The maximum atomic E-state index is 13.8. The van der Waals surface area contributed by atoms with E-state index in [1.807, 2.05) is 46.8 Å². The Morgan fingerprint density at radius 3 is 2.22 bits per heavy atom. The molecule has 0 N–H and O–H groups in total. The van der Waals surface area contributed by atoms with Crippen LogP contribution in [0.4, 0.5) is 4.79 Å². The summed E-state index contributed by atoms with van der Waals surface area (Å²) in [6, 6.07) is 4.03. The largest absolute Gasteiger partial charge is 0.513 e. The number of carbonyl (C=O) groups excluding carboxylic acids is 2. The van der Waals surface area contributed by atoms with E-state index in [1.54, 1.807) is 26.1 Å². The van der Waals surface area contributed by atoms with Crippen molar-refractivity contribution in [2.45, 2.75) is 59.9 Å². The van der Waals surface area contributed by atoms with Crippen molar-refractivity contribution < 1.29 is 28.7 Å². The monoisotopic (exact) mass is 448 g/mol. The van der Waals surface area contributed by atoms with Gasteiger partial charge in [-0.1, -0.05) is 24.6 Å². The average Bonchev–Trinajstić information content (AvgIpc) is 2.94. The first kappa shape index (κ1) is 25.8. The number of rotatable bonds is 10. The molecule has 178 valence electrons. The third-order valence-corrected chi connectivity index (χ3v) is 5.81. The highest BCUT2D eigenvalue weighted by molar-refractivity contribution is 6.23. The molecule has 1 unspecified atom stereocenters. The average molecular weight is 449 g/mol. The Morgan fingerprint density at radius 1 is 1.09 bits per heavy atom. The van der Waals surface area contributed by atoms with Crippen molar-refractivity contribution in [3.05, 3.63) is 40.1 Å². The predicted molar refractivity (Wildman–Crippen MR) is 121 cm³/mol. The number of hydrogen-bond donors (Lipinski definition) is 0. The third-order valence-electron chi connectivity index (χ3n) is 5.81. The number of hydrogen-bond acceptors (Lipinski definition) is 7. The standard InChI is InChI=1S/C24H36N2O6/c1-9-24(12-13-25(7)29-8)21(32-23(28)30-10-2)20(22(27)26(24)31-11-3)19-17(5)14-16(4)15-18(19)6/h14-15H,9-13H2,1-8H3. The van der Waals surface area contributed by atoms with Crippen LogP contribution in [0, 0.1) is 20.8 Å². The highest BCUT2D eigenvalue weighted by Crippen LogP contribution is 2.47. The molecule has 8 heteroatoms. The summed E-state index contributed by atoms with van der Waals surface area (Å²) < 4.78 is 10.9. The topological polar surface area (TPSA) is 77.5 Å². The second-order valence-corrected chi connectivity index (χ2v) is 7.95. The number of carbonyl (C=O) groups is 2.